The second-order valence-electron chi connectivity index (χ2n) is 3.59. The Morgan fingerprint density at radius 2 is 2.19 bits per heavy atom. The van der Waals surface area contributed by atoms with Crippen LogP contribution in [0, 0.1) is 0 Å². The lowest BCUT2D eigenvalue weighted by atomic mass is 10.2. The van der Waals surface area contributed by atoms with Gasteiger partial charge in [-0.3, -0.25) is 4.79 Å². The molecule has 1 saturated heterocycles. The van der Waals surface area contributed by atoms with Crippen molar-refractivity contribution in [1.29, 1.82) is 0 Å². The van der Waals surface area contributed by atoms with E-state index in [9.17, 15) is 18.0 Å². The summed E-state index contributed by atoms with van der Waals surface area (Å²) in [5, 5.41) is 8.46. The highest BCUT2D eigenvalue weighted by Crippen LogP contribution is 2.25. The summed E-state index contributed by atoms with van der Waals surface area (Å²) < 4.78 is 41.5. The number of ether oxygens (including phenoxy) is 1. The molecule has 1 rings (SSSR count). The molecule has 1 aliphatic heterocycles. The summed E-state index contributed by atoms with van der Waals surface area (Å²) in [6.45, 7) is 0.0539. The smallest absolute Gasteiger partial charge is 0.394 e. The van der Waals surface area contributed by atoms with Gasteiger partial charge >= 0.3 is 12.1 Å². The van der Waals surface area contributed by atoms with Crippen molar-refractivity contribution in [2.45, 2.75) is 25.1 Å². The van der Waals surface area contributed by atoms with Crippen LogP contribution in [0.4, 0.5) is 13.2 Å². The summed E-state index contributed by atoms with van der Waals surface area (Å²) >= 11 is 0. The summed E-state index contributed by atoms with van der Waals surface area (Å²) in [6.07, 6.45) is -3.76. The Morgan fingerprint density at radius 1 is 1.50 bits per heavy atom. The van der Waals surface area contributed by atoms with E-state index < -0.39 is 18.1 Å². The van der Waals surface area contributed by atoms with Gasteiger partial charge < -0.3 is 14.7 Å². The fraction of sp³-hybridized carbons (Fsp3) is 0.889. The predicted molar refractivity (Wildman–Crippen MR) is 48.7 cm³/mol. The number of hydrogen-bond donors (Lipinski definition) is 1. The van der Waals surface area contributed by atoms with Gasteiger partial charge in [0.2, 0.25) is 0 Å². The number of halogens is 3. The first-order valence-electron chi connectivity index (χ1n) is 5.03. The van der Waals surface area contributed by atoms with Crippen molar-refractivity contribution in [2.75, 3.05) is 26.4 Å². The van der Waals surface area contributed by atoms with Crippen molar-refractivity contribution < 1.29 is 27.8 Å². The van der Waals surface area contributed by atoms with Gasteiger partial charge in [-0.05, 0) is 12.8 Å². The highest BCUT2D eigenvalue weighted by atomic mass is 19.4. The molecule has 0 aromatic heterocycles. The molecule has 1 unspecified atom stereocenters. The van der Waals surface area contributed by atoms with Crippen molar-refractivity contribution in [3.63, 3.8) is 0 Å². The van der Waals surface area contributed by atoms with Crippen LogP contribution in [0.15, 0.2) is 0 Å². The number of likely N-dealkylation sites (tertiary alicyclic amines) is 1. The molecule has 94 valence electrons. The lowest BCUT2D eigenvalue weighted by molar-refractivity contribution is -0.187. The average Bonchev–Trinajstić information content (AvgIpc) is 2.64. The molecule has 4 nitrogen and oxygen atoms in total. The van der Waals surface area contributed by atoms with Crippen LogP contribution in [0.2, 0.25) is 0 Å². The Balaban J connectivity index is 2.49. The summed E-state index contributed by atoms with van der Waals surface area (Å²) in [7, 11) is 0. The number of amides is 1. The minimum atomic E-state index is -4.82. The molecular formula is C9H14F3NO3. The second kappa shape index (κ2) is 5.49. The number of nitrogens with zero attached hydrogens (tertiary/aromatic N) is 1. The number of hydrogen-bond acceptors (Lipinski definition) is 3. The van der Waals surface area contributed by atoms with Crippen molar-refractivity contribution >= 4 is 5.91 Å². The minimum Gasteiger partial charge on any atom is -0.394 e. The van der Waals surface area contributed by atoms with Gasteiger partial charge in [0.05, 0.1) is 25.9 Å². The maximum Gasteiger partial charge on any atom is 0.471 e. The van der Waals surface area contributed by atoms with E-state index in [1.807, 2.05) is 0 Å². The Kier molecular flexibility index (Phi) is 4.55. The van der Waals surface area contributed by atoms with Crippen molar-refractivity contribution in [2.24, 2.45) is 0 Å². The van der Waals surface area contributed by atoms with E-state index >= 15 is 0 Å². The minimum absolute atomic E-state index is 0.0440. The van der Waals surface area contributed by atoms with Gasteiger partial charge in [-0.15, -0.1) is 0 Å². The first-order chi connectivity index (χ1) is 7.46. The van der Waals surface area contributed by atoms with Crippen molar-refractivity contribution in [3.8, 4) is 0 Å². The van der Waals surface area contributed by atoms with Crippen LogP contribution in [0.3, 0.4) is 0 Å². The lowest BCUT2D eigenvalue weighted by Crippen LogP contribution is -2.45. The molecule has 7 heteroatoms. The third-order valence-electron chi connectivity index (χ3n) is 2.43. The quantitative estimate of drug-likeness (QED) is 0.731. The Hall–Kier alpha value is -0.820. The van der Waals surface area contributed by atoms with E-state index in [1.165, 1.54) is 0 Å². The van der Waals surface area contributed by atoms with Crippen LogP contribution in [-0.4, -0.2) is 54.5 Å². The molecule has 16 heavy (non-hydrogen) atoms. The summed E-state index contributed by atoms with van der Waals surface area (Å²) in [5.74, 6) is -1.80. The van der Waals surface area contributed by atoms with Crippen molar-refractivity contribution in [1.82, 2.24) is 4.90 Å². The fourth-order valence-electron chi connectivity index (χ4n) is 1.72. The number of carbonyl (C=O) groups is 1. The number of alkyl halides is 3. The Labute approximate surface area is 91.0 Å². The molecule has 0 aromatic rings. The predicted octanol–water partition coefficient (Wildman–Crippen LogP) is 0.549. The van der Waals surface area contributed by atoms with Gasteiger partial charge in [0.15, 0.2) is 0 Å². The van der Waals surface area contributed by atoms with Crippen LogP contribution in [0.1, 0.15) is 12.8 Å². The van der Waals surface area contributed by atoms with E-state index in [0.717, 1.165) is 4.90 Å². The summed E-state index contributed by atoms with van der Waals surface area (Å²) in [4.78, 5) is 11.8. The Morgan fingerprint density at radius 3 is 2.75 bits per heavy atom. The highest BCUT2D eigenvalue weighted by Gasteiger charge is 2.45. The van der Waals surface area contributed by atoms with E-state index in [4.69, 9.17) is 9.84 Å². The van der Waals surface area contributed by atoms with Crippen LogP contribution in [-0.2, 0) is 9.53 Å². The molecule has 0 bridgehead atoms. The molecule has 1 atom stereocenters. The molecule has 1 heterocycles. The van der Waals surface area contributed by atoms with E-state index in [-0.39, 0.29) is 26.4 Å². The number of aliphatic hydroxyl groups excluding tert-OH is 1. The number of carbonyl (C=O) groups excluding carboxylic acids is 1. The van der Waals surface area contributed by atoms with Gasteiger partial charge in [-0.2, -0.15) is 13.2 Å². The topological polar surface area (TPSA) is 49.8 Å². The molecule has 1 aliphatic rings. The van der Waals surface area contributed by atoms with Gasteiger partial charge in [-0.25, -0.2) is 0 Å². The molecule has 0 radical (unpaired) electrons. The summed E-state index contributed by atoms with van der Waals surface area (Å²) in [5.41, 5.74) is 0. The zero-order valence-corrected chi connectivity index (χ0v) is 8.66. The first-order valence-corrected chi connectivity index (χ1v) is 5.03. The standard InChI is InChI=1S/C9H14F3NO3/c10-9(11,12)8(15)13-3-1-2-7(13)6-16-5-4-14/h7,14H,1-6H2. The molecule has 0 aliphatic carbocycles. The largest absolute Gasteiger partial charge is 0.471 e. The maximum absolute atomic E-state index is 12.2. The number of rotatable bonds is 4. The number of aliphatic hydroxyl groups is 1. The lowest BCUT2D eigenvalue weighted by Gasteiger charge is -2.25. The maximum atomic E-state index is 12.2. The van der Waals surface area contributed by atoms with Gasteiger partial charge in [0, 0.05) is 6.54 Å². The second-order valence-corrected chi connectivity index (χ2v) is 3.59. The SMILES string of the molecule is O=C(N1CCCC1COCCO)C(F)(F)F. The van der Waals surface area contributed by atoms with Crippen LogP contribution in [0.5, 0.6) is 0 Å². The van der Waals surface area contributed by atoms with Gasteiger partial charge in [0.25, 0.3) is 0 Å². The van der Waals surface area contributed by atoms with E-state index in [1.54, 1.807) is 0 Å². The molecule has 1 N–H and O–H groups in total. The molecule has 1 amide bonds. The monoisotopic (exact) mass is 241 g/mol. The van der Waals surface area contributed by atoms with Gasteiger partial charge in [0.1, 0.15) is 0 Å². The average molecular weight is 241 g/mol. The fourth-order valence-corrected chi connectivity index (χ4v) is 1.72. The van der Waals surface area contributed by atoms with Crippen molar-refractivity contribution in [3.05, 3.63) is 0 Å². The molecular weight excluding hydrogens is 227 g/mol. The van der Waals surface area contributed by atoms with E-state index in [0.29, 0.717) is 12.8 Å². The third-order valence-corrected chi connectivity index (χ3v) is 2.43. The molecule has 0 saturated carbocycles. The highest BCUT2D eigenvalue weighted by molar-refractivity contribution is 5.82. The van der Waals surface area contributed by atoms with Crippen LogP contribution in [0.25, 0.3) is 0 Å². The third kappa shape index (κ3) is 3.34. The van der Waals surface area contributed by atoms with Crippen LogP contribution >= 0.6 is 0 Å². The van der Waals surface area contributed by atoms with Crippen LogP contribution < -0.4 is 0 Å². The Bertz CT molecular complexity index is 245. The molecule has 0 spiro atoms. The molecule has 0 aromatic carbocycles. The normalized spacial score (nSPS) is 21.5. The zero-order chi connectivity index (χ0) is 12.2. The van der Waals surface area contributed by atoms with Gasteiger partial charge in [-0.1, -0.05) is 0 Å². The van der Waals surface area contributed by atoms with E-state index in [2.05, 4.69) is 0 Å². The molecule has 1 fully saturated rings. The first kappa shape index (κ1) is 13.2. The summed E-state index contributed by atoms with van der Waals surface area (Å²) in [6, 6.07) is -0.527. The zero-order valence-electron chi connectivity index (χ0n) is 8.66.